The van der Waals surface area contributed by atoms with E-state index in [-0.39, 0.29) is 0 Å². The molecular formula is C12H12N3O+. The predicted molar refractivity (Wildman–Crippen MR) is 63.8 cm³/mol. The van der Waals surface area contributed by atoms with Gasteiger partial charge in [-0.25, -0.2) is 0 Å². The Balaban J connectivity index is 1.95. The fourth-order valence-corrected chi connectivity index (χ4v) is 1.29. The number of benzene rings is 2. The molecule has 4 heteroatoms. The zero-order valence-corrected chi connectivity index (χ0v) is 8.63. The molecule has 0 aliphatic rings. The Morgan fingerprint density at radius 1 is 0.688 bits per heavy atom. The van der Waals surface area contributed by atoms with E-state index in [1.54, 1.807) is 0 Å². The summed E-state index contributed by atoms with van der Waals surface area (Å²) >= 11 is 0. The average molecular weight is 214 g/mol. The van der Waals surface area contributed by atoms with E-state index in [4.69, 9.17) is 0 Å². The molecule has 0 aromatic heterocycles. The van der Waals surface area contributed by atoms with Crippen LogP contribution in [0.15, 0.2) is 60.7 Å². The van der Waals surface area contributed by atoms with Crippen molar-refractivity contribution in [3.8, 4) is 0 Å². The van der Waals surface area contributed by atoms with Gasteiger partial charge in [-0.15, -0.1) is 0 Å². The standard InChI is InChI=1S/C12H12N3O/c16-15(13-11-7-3-1-4-8-11)14-12-9-5-2-6-10-12/h1-10H,(H2,13,14,16)/q+1. The fraction of sp³-hybridized carbons (Fsp3) is 0. The molecule has 2 aromatic rings. The monoisotopic (exact) mass is 214 g/mol. The molecule has 0 fully saturated rings. The molecule has 0 unspecified atom stereocenters. The highest BCUT2D eigenvalue weighted by molar-refractivity contribution is 5.42. The highest BCUT2D eigenvalue weighted by atomic mass is 16.4. The molecule has 0 radical (unpaired) electrons. The smallest absolute Gasteiger partial charge is 0.0903 e. The number of nitrogens with zero attached hydrogens (tertiary/aromatic N) is 1. The van der Waals surface area contributed by atoms with Crippen LogP contribution >= 0.6 is 0 Å². The number of anilines is 2. The summed E-state index contributed by atoms with van der Waals surface area (Å²) in [6.45, 7) is 0. The maximum atomic E-state index is 11.5. The first-order valence-corrected chi connectivity index (χ1v) is 4.95. The lowest BCUT2D eigenvalue weighted by Crippen LogP contribution is -2.22. The first-order valence-electron chi connectivity index (χ1n) is 4.95. The zero-order chi connectivity index (χ0) is 11.2. The lowest BCUT2D eigenvalue weighted by molar-refractivity contribution is -0.485. The minimum absolute atomic E-state index is 0.574. The lowest BCUT2D eigenvalue weighted by Gasteiger charge is -1.98. The third-order valence-electron chi connectivity index (χ3n) is 2.01. The Bertz CT molecular complexity index is 413. The summed E-state index contributed by atoms with van der Waals surface area (Å²) in [6.07, 6.45) is 0. The summed E-state index contributed by atoms with van der Waals surface area (Å²) in [5.41, 5.74) is 6.79. The SMILES string of the molecule is O=[N+](Nc1ccccc1)Nc1ccccc1. The average Bonchev–Trinajstić information content (AvgIpc) is 2.31. The van der Waals surface area contributed by atoms with Gasteiger partial charge in [-0.05, 0) is 24.3 Å². The molecule has 4 nitrogen and oxygen atoms in total. The Morgan fingerprint density at radius 3 is 1.44 bits per heavy atom. The van der Waals surface area contributed by atoms with Crippen molar-refractivity contribution in [3.63, 3.8) is 0 Å². The topological polar surface area (TPSA) is 44.1 Å². The van der Waals surface area contributed by atoms with Gasteiger partial charge in [0.2, 0.25) is 0 Å². The van der Waals surface area contributed by atoms with Crippen molar-refractivity contribution in [1.29, 1.82) is 0 Å². The second-order valence-corrected chi connectivity index (χ2v) is 3.25. The molecular weight excluding hydrogens is 202 g/mol. The van der Waals surface area contributed by atoms with E-state index in [1.165, 1.54) is 0 Å². The number of hydrogen-bond acceptors (Lipinski definition) is 1. The van der Waals surface area contributed by atoms with Crippen LogP contribution in [0.25, 0.3) is 0 Å². The van der Waals surface area contributed by atoms with E-state index in [9.17, 15) is 4.91 Å². The summed E-state index contributed by atoms with van der Waals surface area (Å²) in [7, 11) is 0. The number of nitroso groups, excluding NO2 is 1. The molecule has 0 spiro atoms. The molecule has 16 heavy (non-hydrogen) atoms. The van der Waals surface area contributed by atoms with Crippen LogP contribution in [0.1, 0.15) is 0 Å². The summed E-state index contributed by atoms with van der Waals surface area (Å²) in [5, 5.41) is 0. The van der Waals surface area contributed by atoms with Gasteiger partial charge < -0.3 is 0 Å². The predicted octanol–water partition coefficient (Wildman–Crippen LogP) is 2.82. The van der Waals surface area contributed by atoms with Crippen LogP contribution in [0.4, 0.5) is 11.4 Å². The number of nitrogens with one attached hydrogen (secondary N) is 2. The van der Waals surface area contributed by atoms with Crippen molar-refractivity contribution in [3.05, 3.63) is 65.6 Å². The molecule has 0 bridgehead atoms. The highest BCUT2D eigenvalue weighted by Crippen LogP contribution is 2.07. The Kier molecular flexibility index (Phi) is 3.13. The number of rotatable bonds is 4. The van der Waals surface area contributed by atoms with Gasteiger partial charge in [-0.1, -0.05) is 47.2 Å². The van der Waals surface area contributed by atoms with Crippen molar-refractivity contribution in [1.82, 2.24) is 0 Å². The van der Waals surface area contributed by atoms with E-state index in [2.05, 4.69) is 10.9 Å². The molecule has 0 aliphatic carbocycles. The first kappa shape index (κ1) is 10.2. The van der Waals surface area contributed by atoms with Crippen molar-refractivity contribution < 1.29 is 4.98 Å². The van der Waals surface area contributed by atoms with Crippen LogP contribution in [0.5, 0.6) is 0 Å². The minimum Gasteiger partial charge on any atom is -0.0903 e. The van der Waals surface area contributed by atoms with Crippen molar-refractivity contribution in [2.75, 3.05) is 10.9 Å². The Labute approximate surface area is 93.4 Å². The molecule has 2 N–H and O–H groups in total. The van der Waals surface area contributed by atoms with Gasteiger partial charge in [0.1, 0.15) is 11.4 Å². The maximum absolute atomic E-state index is 11.5. The fourth-order valence-electron chi connectivity index (χ4n) is 1.29. The Morgan fingerprint density at radius 2 is 1.06 bits per heavy atom. The van der Waals surface area contributed by atoms with Crippen molar-refractivity contribution >= 4 is 11.4 Å². The molecule has 0 heterocycles. The number of para-hydroxylation sites is 2. The molecule has 0 saturated carbocycles. The zero-order valence-electron chi connectivity index (χ0n) is 8.63. The largest absolute Gasteiger partial charge is 0.255 e. The molecule has 0 saturated heterocycles. The Hall–Kier alpha value is -2.36. The van der Waals surface area contributed by atoms with Crippen molar-refractivity contribution in [2.45, 2.75) is 0 Å². The molecule has 0 atom stereocenters. The first-order chi connectivity index (χ1) is 7.84. The van der Waals surface area contributed by atoms with Gasteiger partial charge in [0.05, 0.1) is 4.91 Å². The van der Waals surface area contributed by atoms with Crippen LogP contribution in [0, 0.1) is 4.91 Å². The second kappa shape index (κ2) is 4.93. The van der Waals surface area contributed by atoms with E-state index < -0.39 is 0 Å². The third kappa shape index (κ3) is 2.81. The molecule has 80 valence electrons. The van der Waals surface area contributed by atoms with Crippen LogP contribution in [-0.2, 0) is 0 Å². The van der Waals surface area contributed by atoms with E-state index >= 15 is 0 Å². The third-order valence-corrected chi connectivity index (χ3v) is 2.01. The van der Waals surface area contributed by atoms with Crippen LogP contribution in [0.2, 0.25) is 0 Å². The lowest BCUT2D eigenvalue weighted by atomic mass is 10.3. The summed E-state index contributed by atoms with van der Waals surface area (Å²) < 4.78 is 0. The van der Waals surface area contributed by atoms with Gasteiger partial charge >= 0.3 is 0 Å². The van der Waals surface area contributed by atoms with E-state index in [0.29, 0.717) is 4.98 Å². The van der Waals surface area contributed by atoms with Crippen LogP contribution in [-0.4, -0.2) is 4.98 Å². The molecule has 0 amide bonds. The molecule has 2 rings (SSSR count). The van der Waals surface area contributed by atoms with E-state index in [0.717, 1.165) is 11.4 Å². The van der Waals surface area contributed by atoms with Crippen LogP contribution in [0.3, 0.4) is 0 Å². The van der Waals surface area contributed by atoms with Gasteiger partial charge in [0.15, 0.2) is 0 Å². The normalized spacial score (nSPS) is 9.50. The summed E-state index contributed by atoms with van der Waals surface area (Å²) in [4.78, 5) is 12.1. The number of hydrazine groups is 2. The quantitative estimate of drug-likeness (QED) is 0.607. The summed E-state index contributed by atoms with van der Waals surface area (Å²) in [6, 6.07) is 18.5. The number of hydrogen-bond donors (Lipinski definition) is 2. The molecule has 0 aliphatic heterocycles. The summed E-state index contributed by atoms with van der Waals surface area (Å²) in [5.74, 6) is 0. The van der Waals surface area contributed by atoms with Crippen LogP contribution < -0.4 is 10.9 Å². The minimum atomic E-state index is 0.574. The molecule has 2 aromatic carbocycles. The van der Waals surface area contributed by atoms with Gasteiger partial charge in [0.25, 0.3) is 4.98 Å². The van der Waals surface area contributed by atoms with Crippen molar-refractivity contribution in [2.24, 2.45) is 0 Å². The van der Waals surface area contributed by atoms with Gasteiger partial charge in [-0.2, -0.15) is 0 Å². The highest BCUT2D eigenvalue weighted by Gasteiger charge is 2.07. The van der Waals surface area contributed by atoms with E-state index in [1.807, 2.05) is 60.7 Å². The van der Waals surface area contributed by atoms with Gasteiger partial charge in [-0.3, -0.25) is 0 Å². The second-order valence-electron chi connectivity index (χ2n) is 3.25. The van der Waals surface area contributed by atoms with Gasteiger partial charge in [0, 0.05) is 0 Å². The maximum Gasteiger partial charge on any atom is 0.255 e.